The van der Waals surface area contributed by atoms with E-state index in [2.05, 4.69) is 0 Å². The van der Waals surface area contributed by atoms with E-state index in [0.29, 0.717) is 21.7 Å². The van der Waals surface area contributed by atoms with Gasteiger partial charge in [0.2, 0.25) is 10.0 Å². The van der Waals surface area contributed by atoms with Crippen LogP contribution in [0.3, 0.4) is 0 Å². The van der Waals surface area contributed by atoms with E-state index in [-0.39, 0.29) is 11.4 Å². The number of aliphatic hydroxyl groups excluding tert-OH is 1. The molecule has 31 heavy (non-hydrogen) atoms. The zero-order valence-electron chi connectivity index (χ0n) is 16.8. The van der Waals surface area contributed by atoms with E-state index in [4.69, 9.17) is 16.3 Å². The predicted molar refractivity (Wildman–Crippen MR) is 118 cm³/mol. The summed E-state index contributed by atoms with van der Waals surface area (Å²) in [5.74, 6) is -0.477. The summed E-state index contributed by atoms with van der Waals surface area (Å²) in [7, 11) is -2.69. The van der Waals surface area contributed by atoms with Crippen molar-refractivity contribution in [2.24, 2.45) is 0 Å². The molecule has 0 unspecified atom stereocenters. The van der Waals surface area contributed by atoms with Gasteiger partial charge in [0.15, 0.2) is 0 Å². The van der Waals surface area contributed by atoms with Gasteiger partial charge < -0.3 is 9.84 Å². The molecule has 0 radical (unpaired) electrons. The molecule has 0 aliphatic rings. The summed E-state index contributed by atoms with van der Waals surface area (Å²) in [5, 5.41) is 10.6. The van der Waals surface area contributed by atoms with Gasteiger partial charge in [0.05, 0.1) is 30.2 Å². The molecule has 0 aliphatic carbocycles. The minimum atomic E-state index is -3.98. The van der Waals surface area contributed by atoms with Crippen LogP contribution >= 0.6 is 11.6 Å². The Kier molecular flexibility index (Phi) is 7.46. The first-order chi connectivity index (χ1) is 14.9. The lowest BCUT2D eigenvalue weighted by Gasteiger charge is -2.30. The summed E-state index contributed by atoms with van der Waals surface area (Å²) in [5.41, 5.74) is 1.67. The third-order valence-electron chi connectivity index (χ3n) is 4.84. The van der Waals surface area contributed by atoms with Crippen LogP contribution in [-0.2, 0) is 21.3 Å². The second-order valence-electron chi connectivity index (χ2n) is 6.80. The molecule has 0 saturated heterocycles. The normalized spacial score (nSPS) is 12.5. The number of hydrogen-bond donors (Lipinski definition) is 1. The highest BCUT2D eigenvalue weighted by molar-refractivity contribution is 7.89. The summed E-state index contributed by atoms with van der Waals surface area (Å²) in [6.07, 6.45) is 0. The van der Waals surface area contributed by atoms with Gasteiger partial charge in [-0.2, -0.15) is 4.31 Å². The van der Waals surface area contributed by atoms with E-state index in [9.17, 15) is 18.3 Å². The lowest BCUT2D eigenvalue weighted by molar-refractivity contribution is 0.0600. The molecule has 8 heteroatoms. The maximum Gasteiger partial charge on any atom is 0.337 e. The number of methoxy groups -OCH3 is 1. The average molecular weight is 460 g/mol. The molecule has 0 aromatic heterocycles. The molecule has 0 amide bonds. The molecular weight excluding hydrogens is 438 g/mol. The first-order valence-electron chi connectivity index (χ1n) is 9.47. The highest BCUT2D eigenvalue weighted by atomic mass is 35.5. The van der Waals surface area contributed by atoms with Crippen LogP contribution in [0.1, 0.15) is 27.5 Å². The van der Waals surface area contributed by atoms with Gasteiger partial charge >= 0.3 is 5.97 Å². The van der Waals surface area contributed by atoms with Crippen molar-refractivity contribution in [3.05, 3.63) is 101 Å². The van der Waals surface area contributed by atoms with Crippen molar-refractivity contribution in [3.63, 3.8) is 0 Å². The van der Waals surface area contributed by atoms with Crippen LogP contribution in [0.5, 0.6) is 0 Å². The van der Waals surface area contributed by atoms with E-state index >= 15 is 0 Å². The molecule has 1 N–H and O–H groups in total. The number of esters is 1. The maximum absolute atomic E-state index is 13.5. The third kappa shape index (κ3) is 5.32. The van der Waals surface area contributed by atoms with Gasteiger partial charge in [0.1, 0.15) is 0 Å². The van der Waals surface area contributed by atoms with Gasteiger partial charge in [-0.1, -0.05) is 54.1 Å². The largest absolute Gasteiger partial charge is 0.465 e. The Morgan fingerprint density at radius 3 is 2.16 bits per heavy atom. The van der Waals surface area contributed by atoms with Crippen molar-refractivity contribution >= 4 is 27.6 Å². The number of benzene rings is 3. The molecular formula is C23H22ClNO5S. The Hall–Kier alpha value is -2.71. The van der Waals surface area contributed by atoms with E-state index in [0.717, 1.165) is 0 Å². The Bertz CT molecular complexity index is 1120. The summed E-state index contributed by atoms with van der Waals surface area (Å²) >= 11 is 5.92. The van der Waals surface area contributed by atoms with E-state index < -0.39 is 28.6 Å². The predicted octanol–water partition coefficient (Wildman–Crippen LogP) is 4.05. The quantitative estimate of drug-likeness (QED) is 0.514. The van der Waals surface area contributed by atoms with Crippen LogP contribution in [0.15, 0.2) is 83.8 Å². The topological polar surface area (TPSA) is 83.9 Å². The molecule has 6 nitrogen and oxygen atoms in total. The fraction of sp³-hybridized carbons (Fsp3) is 0.174. The maximum atomic E-state index is 13.5. The number of ether oxygens (including phenoxy) is 1. The van der Waals surface area contributed by atoms with Crippen molar-refractivity contribution in [1.82, 2.24) is 4.31 Å². The Balaban J connectivity index is 2.03. The van der Waals surface area contributed by atoms with Gasteiger partial charge in [-0.15, -0.1) is 0 Å². The fourth-order valence-electron chi connectivity index (χ4n) is 3.19. The Labute approximate surface area is 186 Å². The van der Waals surface area contributed by atoms with Crippen LogP contribution < -0.4 is 0 Å². The standard InChI is InChI=1S/C23H22ClNO5S/c1-30-23(27)19-9-7-17(8-10-19)15-25(22(16-26)18-5-3-2-4-6-18)31(28,29)21-13-11-20(24)12-14-21/h2-14,22,26H,15-16H2,1H3/t22-/m0/s1. The monoisotopic (exact) mass is 459 g/mol. The van der Waals surface area contributed by atoms with Crippen molar-refractivity contribution in [2.45, 2.75) is 17.5 Å². The molecule has 0 bridgehead atoms. The van der Waals surface area contributed by atoms with Gasteiger partial charge in [0.25, 0.3) is 0 Å². The molecule has 0 fully saturated rings. The fourth-order valence-corrected chi connectivity index (χ4v) is 4.91. The zero-order chi connectivity index (χ0) is 22.4. The smallest absolute Gasteiger partial charge is 0.337 e. The summed E-state index contributed by atoms with van der Waals surface area (Å²) in [6, 6.07) is 20.5. The molecule has 0 aliphatic heterocycles. The van der Waals surface area contributed by atoms with E-state index in [1.54, 1.807) is 48.5 Å². The summed E-state index contributed by atoms with van der Waals surface area (Å²) in [4.78, 5) is 11.8. The highest BCUT2D eigenvalue weighted by Crippen LogP contribution is 2.30. The molecule has 3 aromatic rings. The number of carbonyl (C=O) groups is 1. The van der Waals surface area contributed by atoms with Gasteiger partial charge in [-0.05, 0) is 47.5 Å². The highest BCUT2D eigenvalue weighted by Gasteiger charge is 2.32. The van der Waals surface area contributed by atoms with Crippen LogP contribution in [0, 0.1) is 0 Å². The number of nitrogens with zero attached hydrogens (tertiary/aromatic N) is 1. The number of hydrogen-bond acceptors (Lipinski definition) is 5. The first-order valence-corrected chi connectivity index (χ1v) is 11.3. The minimum absolute atomic E-state index is 0.00741. The molecule has 162 valence electrons. The Morgan fingerprint density at radius 2 is 1.61 bits per heavy atom. The van der Waals surface area contributed by atoms with Gasteiger partial charge in [-0.3, -0.25) is 0 Å². The van der Waals surface area contributed by atoms with Crippen molar-refractivity contribution in [1.29, 1.82) is 0 Å². The molecule has 0 spiro atoms. The third-order valence-corrected chi connectivity index (χ3v) is 6.96. The number of carbonyl (C=O) groups excluding carboxylic acids is 1. The first kappa shape index (κ1) is 23.0. The van der Waals surface area contributed by atoms with E-state index in [1.807, 2.05) is 6.07 Å². The zero-order valence-corrected chi connectivity index (χ0v) is 18.4. The van der Waals surface area contributed by atoms with Crippen LogP contribution in [-0.4, -0.2) is 37.5 Å². The van der Waals surface area contributed by atoms with Crippen molar-refractivity contribution < 1.29 is 23.1 Å². The molecule has 1 atom stereocenters. The summed E-state index contributed by atoms with van der Waals surface area (Å²) < 4.78 is 33.0. The van der Waals surface area contributed by atoms with Crippen molar-refractivity contribution in [2.75, 3.05) is 13.7 Å². The number of rotatable bonds is 8. The average Bonchev–Trinajstić information content (AvgIpc) is 2.80. The lowest BCUT2D eigenvalue weighted by Crippen LogP contribution is -2.36. The molecule has 3 aromatic carbocycles. The Morgan fingerprint density at radius 1 is 1.00 bits per heavy atom. The van der Waals surface area contributed by atoms with Crippen molar-refractivity contribution in [3.8, 4) is 0 Å². The second-order valence-corrected chi connectivity index (χ2v) is 9.13. The van der Waals surface area contributed by atoms with Crippen LogP contribution in [0.25, 0.3) is 0 Å². The summed E-state index contributed by atoms with van der Waals surface area (Å²) in [6.45, 7) is -0.413. The lowest BCUT2D eigenvalue weighted by atomic mass is 10.1. The van der Waals surface area contributed by atoms with Gasteiger partial charge in [0, 0.05) is 11.6 Å². The second kappa shape index (κ2) is 10.1. The number of aliphatic hydroxyl groups is 1. The van der Waals surface area contributed by atoms with Gasteiger partial charge in [-0.25, -0.2) is 13.2 Å². The SMILES string of the molecule is COC(=O)c1ccc(CN([C@@H](CO)c2ccccc2)S(=O)(=O)c2ccc(Cl)cc2)cc1. The van der Waals surface area contributed by atoms with E-state index in [1.165, 1.54) is 35.7 Å². The number of sulfonamides is 1. The molecule has 0 heterocycles. The molecule has 0 saturated carbocycles. The molecule has 3 rings (SSSR count). The van der Waals surface area contributed by atoms with Crippen LogP contribution in [0.4, 0.5) is 0 Å². The number of halogens is 1. The minimum Gasteiger partial charge on any atom is -0.465 e. The van der Waals surface area contributed by atoms with Crippen LogP contribution in [0.2, 0.25) is 5.02 Å².